The largest absolute Gasteiger partial charge is 0.340 e. The van der Waals surface area contributed by atoms with Crippen molar-refractivity contribution in [2.45, 2.75) is 0 Å². The van der Waals surface area contributed by atoms with Crippen LogP contribution in [0.5, 0.6) is 0 Å². The third kappa shape index (κ3) is 4.30. The fourth-order valence-corrected chi connectivity index (χ4v) is 2.57. The summed E-state index contributed by atoms with van der Waals surface area (Å²) in [7, 11) is 1.87. The number of carbonyl (C=O) groups excluding carboxylic acids is 1. The molecule has 0 aromatic heterocycles. The van der Waals surface area contributed by atoms with E-state index < -0.39 is 0 Å². The Bertz CT molecular complexity index is 432. The number of hydrogen-bond acceptors (Lipinski definition) is 3. The monoisotopic (exact) mass is 325 g/mol. The van der Waals surface area contributed by atoms with Gasteiger partial charge in [0, 0.05) is 56.4 Å². The molecule has 5 heteroatoms. The van der Waals surface area contributed by atoms with Gasteiger partial charge in [-0.25, -0.2) is 0 Å². The number of nitrogens with one attached hydrogen (secondary N) is 1. The molecule has 1 fully saturated rings. The van der Waals surface area contributed by atoms with Crippen molar-refractivity contribution in [1.29, 1.82) is 0 Å². The van der Waals surface area contributed by atoms with Gasteiger partial charge in [-0.15, -0.1) is 0 Å². The second kappa shape index (κ2) is 7.03. The molecule has 1 saturated heterocycles. The van der Waals surface area contributed by atoms with E-state index in [1.807, 2.05) is 31.3 Å². The van der Waals surface area contributed by atoms with Crippen molar-refractivity contribution in [2.75, 3.05) is 46.3 Å². The average Bonchev–Trinajstić information content (AvgIpc) is 2.45. The van der Waals surface area contributed by atoms with Gasteiger partial charge < -0.3 is 10.2 Å². The number of nitrogens with zero attached hydrogens (tertiary/aromatic N) is 2. The molecule has 4 nitrogen and oxygen atoms in total. The molecular weight excluding hydrogens is 306 g/mol. The molecule has 1 N–H and O–H groups in total. The first-order valence-electron chi connectivity index (χ1n) is 6.61. The first kappa shape index (κ1) is 14.5. The van der Waals surface area contributed by atoms with Gasteiger partial charge in [0.05, 0.1) is 0 Å². The first-order chi connectivity index (χ1) is 9.16. The van der Waals surface area contributed by atoms with Gasteiger partial charge in [0.15, 0.2) is 0 Å². The number of amides is 1. The third-order valence-corrected chi connectivity index (χ3v) is 3.87. The molecule has 0 spiro atoms. The van der Waals surface area contributed by atoms with E-state index in [0.29, 0.717) is 0 Å². The molecule has 1 amide bonds. The standard InChI is InChI=1S/C14H20BrN3O/c1-17(9-10-18-7-5-16-6-8-18)14(19)12-3-2-4-13(15)11-12/h2-4,11,16H,5-10H2,1H3. The minimum atomic E-state index is 0.0800. The molecule has 0 bridgehead atoms. The highest BCUT2D eigenvalue weighted by atomic mass is 79.9. The molecule has 0 saturated carbocycles. The molecule has 19 heavy (non-hydrogen) atoms. The number of benzene rings is 1. The van der Waals surface area contributed by atoms with Crippen LogP contribution in [0.15, 0.2) is 28.7 Å². The normalized spacial score (nSPS) is 16.3. The summed E-state index contributed by atoms with van der Waals surface area (Å²) in [5, 5.41) is 3.33. The Morgan fingerprint density at radius 2 is 2.16 bits per heavy atom. The zero-order valence-electron chi connectivity index (χ0n) is 11.2. The summed E-state index contributed by atoms with van der Waals surface area (Å²) >= 11 is 3.40. The van der Waals surface area contributed by atoms with Crippen molar-refractivity contribution in [3.05, 3.63) is 34.3 Å². The Kier molecular flexibility index (Phi) is 5.36. The number of rotatable bonds is 4. The highest BCUT2D eigenvalue weighted by Gasteiger charge is 2.14. The molecule has 1 aliphatic rings. The van der Waals surface area contributed by atoms with Crippen LogP contribution in [0, 0.1) is 0 Å². The van der Waals surface area contributed by atoms with E-state index in [9.17, 15) is 4.79 Å². The second-order valence-electron chi connectivity index (χ2n) is 4.83. The summed E-state index contributed by atoms with van der Waals surface area (Å²) in [5.41, 5.74) is 0.734. The smallest absolute Gasteiger partial charge is 0.253 e. The summed E-state index contributed by atoms with van der Waals surface area (Å²) in [6, 6.07) is 7.54. The number of piperazine rings is 1. The van der Waals surface area contributed by atoms with Crippen LogP contribution in [-0.2, 0) is 0 Å². The predicted octanol–water partition coefficient (Wildman–Crippen LogP) is 1.43. The quantitative estimate of drug-likeness (QED) is 0.909. The molecule has 1 aromatic rings. The Hall–Kier alpha value is -0.910. The number of carbonyl (C=O) groups is 1. The predicted molar refractivity (Wildman–Crippen MR) is 80.4 cm³/mol. The van der Waals surface area contributed by atoms with Gasteiger partial charge in [0.1, 0.15) is 0 Å². The highest BCUT2D eigenvalue weighted by molar-refractivity contribution is 9.10. The topological polar surface area (TPSA) is 35.6 Å². The van der Waals surface area contributed by atoms with E-state index in [4.69, 9.17) is 0 Å². The van der Waals surface area contributed by atoms with E-state index >= 15 is 0 Å². The average molecular weight is 326 g/mol. The summed E-state index contributed by atoms with van der Waals surface area (Å²) in [6.45, 7) is 5.94. The molecule has 0 radical (unpaired) electrons. The van der Waals surface area contributed by atoms with Crippen LogP contribution >= 0.6 is 15.9 Å². The minimum absolute atomic E-state index is 0.0800. The van der Waals surface area contributed by atoms with E-state index in [1.165, 1.54) is 0 Å². The van der Waals surface area contributed by atoms with Gasteiger partial charge in [-0.1, -0.05) is 22.0 Å². The lowest BCUT2D eigenvalue weighted by atomic mass is 10.2. The lowest BCUT2D eigenvalue weighted by molar-refractivity contribution is 0.0775. The van der Waals surface area contributed by atoms with E-state index in [0.717, 1.165) is 49.3 Å². The Morgan fingerprint density at radius 3 is 2.84 bits per heavy atom. The van der Waals surface area contributed by atoms with Gasteiger partial charge in [0.25, 0.3) is 5.91 Å². The highest BCUT2D eigenvalue weighted by Crippen LogP contribution is 2.13. The summed E-state index contributed by atoms with van der Waals surface area (Å²) < 4.78 is 0.939. The van der Waals surface area contributed by atoms with Crippen molar-refractivity contribution in [2.24, 2.45) is 0 Å². The van der Waals surface area contributed by atoms with Crippen molar-refractivity contribution in [1.82, 2.24) is 15.1 Å². The maximum atomic E-state index is 12.2. The maximum absolute atomic E-state index is 12.2. The van der Waals surface area contributed by atoms with Crippen LogP contribution in [0.1, 0.15) is 10.4 Å². The van der Waals surface area contributed by atoms with Gasteiger partial charge in [-0.2, -0.15) is 0 Å². The third-order valence-electron chi connectivity index (χ3n) is 3.38. The molecule has 0 aliphatic carbocycles. The lowest BCUT2D eigenvalue weighted by Gasteiger charge is -2.29. The van der Waals surface area contributed by atoms with E-state index in [2.05, 4.69) is 26.1 Å². The molecular formula is C14H20BrN3O. The molecule has 104 valence electrons. The Morgan fingerprint density at radius 1 is 1.42 bits per heavy atom. The lowest BCUT2D eigenvalue weighted by Crippen LogP contribution is -2.46. The fourth-order valence-electron chi connectivity index (χ4n) is 2.17. The van der Waals surface area contributed by atoms with E-state index in [-0.39, 0.29) is 5.91 Å². The zero-order valence-corrected chi connectivity index (χ0v) is 12.8. The second-order valence-corrected chi connectivity index (χ2v) is 5.74. The van der Waals surface area contributed by atoms with Gasteiger partial charge >= 0.3 is 0 Å². The van der Waals surface area contributed by atoms with Crippen LogP contribution in [0.2, 0.25) is 0 Å². The minimum Gasteiger partial charge on any atom is -0.340 e. The van der Waals surface area contributed by atoms with Crippen LogP contribution < -0.4 is 5.32 Å². The van der Waals surface area contributed by atoms with Crippen molar-refractivity contribution < 1.29 is 4.79 Å². The number of hydrogen-bond donors (Lipinski definition) is 1. The van der Waals surface area contributed by atoms with Gasteiger partial charge in [0.2, 0.25) is 0 Å². The zero-order chi connectivity index (χ0) is 13.7. The molecule has 0 atom stereocenters. The Labute approximate surface area is 122 Å². The van der Waals surface area contributed by atoms with Crippen LogP contribution in [0.3, 0.4) is 0 Å². The fraction of sp³-hybridized carbons (Fsp3) is 0.500. The van der Waals surface area contributed by atoms with Crippen LogP contribution in [-0.4, -0.2) is 62.0 Å². The van der Waals surface area contributed by atoms with Gasteiger partial charge in [-0.05, 0) is 18.2 Å². The van der Waals surface area contributed by atoms with Gasteiger partial charge in [-0.3, -0.25) is 9.69 Å². The Balaban J connectivity index is 1.85. The van der Waals surface area contributed by atoms with E-state index in [1.54, 1.807) is 4.90 Å². The maximum Gasteiger partial charge on any atom is 0.253 e. The van der Waals surface area contributed by atoms with Crippen molar-refractivity contribution in [3.63, 3.8) is 0 Å². The molecule has 1 aliphatic heterocycles. The molecule has 1 heterocycles. The molecule has 1 aromatic carbocycles. The van der Waals surface area contributed by atoms with Crippen LogP contribution in [0.25, 0.3) is 0 Å². The number of likely N-dealkylation sites (N-methyl/N-ethyl adjacent to an activating group) is 1. The molecule has 0 unspecified atom stereocenters. The number of halogens is 1. The SMILES string of the molecule is CN(CCN1CCNCC1)C(=O)c1cccc(Br)c1. The first-order valence-corrected chi connectivity index (χ1v) is 7.40. The summed E-state index contributed by atoms with van der Waals surface area (Å²) in [5.74, 6) is 0.0800. The summed E-state index contributed by atoms with van der Waals surface area (Å²) in [6.07, 6.45) is 0. The summed E-state index contributed by atoms with van der Waals surface area (Å²) in [4.78, 5) is 16.4. The molecule has 2 rings (SSSR count). The van der Waals surface area contributed by atoms with Crippen molar-refractivity contribution in [3.8, 4) is 0 Å². The van der Waals surface area contributed by atoms with Crippen molar-refractivity contribution >= 4 is 21.8 Å². The van der Waals surface area contributed by atoms with Crippen LogP contribution in [0.4, 0.5) is 0 Å².